The van der Waals surface area contributed by atoms with Crippen molar-refractivity contribution in [3.63, 3.8) is 0 Å². The fraction of sp³-hybridized carbons (Fsp3) is 0.889. The minimum Gasteiger partial charge on any atom is -0.324 e. The summed E-state index contributed by atoms with van der Waals surface area (Å²) in [6.07, 6.45) is 10.9. The smallest absolute Gasteiger partial charge is 0.0240 e. The molecule has 0 radical (unpaired) electrons. The molecule has 0 aliphatic heterocycles. The fourth-order valence-electron chi connectivity index (χ4n) is 1.09. The molecule has 2 heteroatoms. The zero-order valence-corrected chi connectivity index (χ0v) is 7.55. The minimum absolute atomic E-state index is 1.04. The third kappa shape index (κ3) is 9.47. The number of hydrogen-bond acceptors (Lipinski definition) is 2. The molecule has 0 unspecified atom stereocenters. The molecule has 0 heterocycles. The number of hydrogen-bond donors (Lipinski definition) is 1. The second-order valence-corrected chi connectivity index (χ2v) is 2.89. The van der Waals surface area contributed by atoms with E-state index in [0.29, 0.717) is 0 Å². The van der Waals surface area contributed by atoms with E-state index in [9.17, 15) is 0 Å². The molecule has 0 spiro atoms. The normalized spacial score (nSPS) is 11.0. The van der Waals surface area contributed by atoms with E-state index in [0.717, 1.165) is 6.42 Å². The van der Waals surface area contributed by atoms with Crippen LogP contribution in [-0.2, 0) is 0 Å². The Morgan fingerprint density at radius 2 is 1.73 bits per heavy atom. The van der Waals surface area contributed by atoms with Crippen LogP contribution in [-0.4, -0.2) is 6.21 Å². The van der Waals surface area contributed by atoms with E-state index < -0.39 is 0 Å². The SMILES string of the molecule is CCCCCCCC/C=N/N. The highest BCUT2D eigenvalue weighted by atomic mass is 15.1. The van der Waals surface area contributed by atoms with Crippen LogP contribution >= 0.6 is 0 Å². The quantitative estimate of drug-likeness (QED) is 0.262. The molecule has 2 nitrogen and oxygen atoms in total. The predicted octanol–water partition coefficient (Wildman–Crippen LogP) is 2.68. The van der Waals surface area contributed by atoms with Crippen LogP contribution < -0.4 is 5.84 Å². The maximum Gasteiger partial charge on any atom is 0.0240 e. The Labute approximate surface area is 69.9 Å². The highest BCUT2D eigenvalue weighted by molar-refractivity contribution is 5.56. The molecule has 0 bridgehead atoms. The summed E-state index contributed by atoms with van der Waals surface area (Å²) >= 11 is 0. The van der Waals surface area contributed by atoms with Crippen molar-refractivity contribution in [3.05, 3.63) is 0 Å². The van der Waals surface area contributed by atoms with Crippen LogP contribution in [0.4, 0.5) is 0 Å². The summed E-state index contributed by atoms with van der Waals surface area (Å²) in [5.74, 6) is 4.96. The second-order valence-electron chi connectivity index (χ2n) is 2.89. The molecular weight excluding hydrogens is 136 g/mol. The lowest BCUT2D eigenvalue weighted by atomic mass is 10.1. The molecule has 0 aromatic carbocycles. The van der Waals surface area contributed by atoms with Gasteiger partial charge in [-0.2, -0.15) is 5.10 Å². The summed E-state index contributed by atoms with van der Waals surface area (Å²) in [6, 6.07) is 0. The number of nitrogens with zero attached hydrogens (tertiary/aromatic N) is 1. The Bertz CT molecular complexity index is 89.6. The molecule has 11 heavy (non-hydrogen) atoms. The summed E-state index contributed by atoms with van der Waals surface area (Å²) in [6.45, 7) is 2.24. The lowest BCUT2D eigenvalue weighted by molar-refractivity contribution is 0.616. The van der Waals surface area contributed by atoms with Crippen molar-refractivity contribution < 1.29 is 0 Å². The monoisotopic (exact) mass is 156 g/mol. The Kier molecular flexibility index (Phi) is 9.01. The summed E-state index contributed by atoms with van der Waals surface area (Å²) in [7, 11) is 0. The van der Waals surface area contributed by atoms with Crippen LogP contribution in [0.5, 0.6) is 0 Å². The van der Waals surface area contributed by atoms with Gasteiger partial charge in [0.25, 0.3) is 0 Å². The predicted molar refractivity (Wildman–Crippen MR) is 50.7 cm³/mol. The van der Waals surface area contributed by atoms with Gasteiger partial charge in [0, 0.05) is 6.21 Å². The number of hydrazone groups is 1. The molecule has 0 aliphatic rings. The van der Waals surface area contributed by atoms with E-state index in [2.05, 4.69) is 12.0 Å². The maximum absolute atomic E-state index is 4.96. The molecule has 0 amide bonds. The molecule has 0 rings (SSSR count). The molecular formula is C9H20N2. The Morgan fingerprint density at radius 3 is 2.36 bits per heavy atom. The second kappa shape index (κ2) is 9.47. The maximum atomic E-state index is 4.96. The molecule has 0 saturated heterocycles. The summed E-state index contributed by atoms with van der Waals surface area (Å²) in [5, 5.41) is 3.44. The standard InChI is InChI=1S/C9H20N2/c1-2-3-4-5-6-7-8-9-11-10/h9H,2-8,10H2,1H3/b11-9+. The lowest BCUT2D eigenvalue weighted by Gasteiger charge is -1.96. The van der Waals surface area contributed by atoms with Crippen LogP contribution in [0.15, 0.2) is 5.10 Å². The third-order valence-electron chi connectivity index (χ3n) is 1.79. The van der Waals surface area contributed by atoms with Crippen molar-refractivity contribution in [2.24, 2.45) is 10.9 Å². The van der Waals surface area contributed by atoms with E-state index in [-0.39, 0.29) is 0 Å². The van der Waals surface area contributed by atoms with Crippen LogP contribution in [0.3, 0.4) is 0 Å². The van der Waals surface area contributed by atoms with Gasteiger partial charge in [-0.3, -0.25) is 0 Å². The lowest BCUT2D eigenvalue weighted by Crippen LogP contribution is -1.84. The first-order chi connectivity index (χ1) is 5.41. The molecule has 0 aromatic rings. The highest BCUT2D eigenvalue weighted by Gasteiger charge is 1.87. The first-order valence-corrected chi connectivity index (χ1v) is 4.63. The molecule has 0 saturated carbocycles. The van der Waals surface area contributed by atoms with Gasteiger partial charge in [0.15, 0.2) is 0 Å². The number of unbranched alkanes of at least 4 members (excludes halogenated alkanes) is 6. The van der Waals surface area contributed by atoms with E-state index >= 15 is 0 Å². The van der Waals surface area contributed by atoms with Crippen LogP contribution in [0.1, 0.15) is 51.9 Å². The average molecular weight is 156 g/mol. The molecule has 66 valence electrons. The van der Waals surface area contributed by atoms with Crippen LogP contribution in [0.2, 0.25) is 0 Å². The third-order valence-corrected chi connectivity index (χ3v) is 1.79. The van der Waals surface area contributed by atoms with Gasteiger partial charge in [0.2, 0.25) is 0 Å². The van der Waals surface area contributed by atoms with Crippen molar-refractivity contribution in [2.75, 3.05) is 0 Å². The van der Waals surface area contributed by atoms with Crippen molar-refractivity contribution in [1.29, 1.82) is 0 Å². The molecule has 2 N–H and O–H groups in total. The van der Waals surface area contributed by atoms with Crippen molar-refractivity contribution in [2.45, 2.75) is 51.9 Å². The minimum atomic E-state index is 1.04. The van der Waals surface area contributed by atoms with Gasteiger partial charge >= 0.3 is 0 Å². The van der Waals surface area contributed by atoms with Crippen LogP contribution in [0.25, 0.3) is 0 Å². The molecule has 0 fully saturated rings. The van der Waals surface area contributed by atoms with Crippen molar-refractivity contribution in [3.8, 4) is 0 Å². The topological polar surface area (TPSA) is 38.4 Å². The number of rotatable bonds is 7. The van der Waals surface area contributed by atoms with Gasteiger partial charge in [-0.1, -0.05) is 39.0 Å². The van der Waals surface area contributed by atoms with E-state index in [4.69, 9.17) is 5.84 Å². The molecule has 0 aromatic heterocycles. The Morgan fingerprint density at radius 1 is 1.09 bits per heavy atom. The molecule has 0 atom stereocenters. The Hall–Kier alpha value is -0.530. The van der Waals surface area contributed by atoms with Gasteiger partial charge in [-0.25, -0.2) is 0 Å². The highest BCUT2D eigenvalue weighted by Crippen LogP contribution is 2.05. The van der Waals surface area contributed by atoms with Gasteiger partial charge in [0.05, 0.1) is 0 Å². The largest absolute Gasteiger partial charge is 0.324 e. The average Bonchev–Trinajstić information content (AvgIpc) is 2.03. The number of nitrogens with two attached hydrogens (primary N) is 1. The molecule has 0 aliphatic carbocycles. The van der Waals surface area contributed by atoms with Gasteiger partial charge in [0.1, 0.15) is 0 Å². The van der Waals surface area contributed by atoms with Crippen molar-refractivity contribution >= 4 is 6.21 Å². The van der Waals surface area contributed by atoms with Gasteiger partial charge in [-0.15, -0.1) is 0 Å². The zero-order valence-electron chi connectivity index (χ0n) is 7.55. The van der Waals surface area contributed by atoms with Gasteiger partial charge < -0.3 is 5.84 Å². The first-order valence-electron chi connectivity index (χ1n) is 4.63. The fourth-order valence-corrected chi connectivity index (χ4v) is 1.09. The summed E-state index contributed by atoms with van der Waals surface area (Å²) in [5.41, 5.74) is 0. The summed E-state index contributed by atoms with van der Waals surface area (Å²) < 4.78 is 0. The van der Waals surface area contributed by atoms with E-state index in [1.807, 2.05) is 0 Å². The zero-order chi connectivity index (χ0) is 8.36. The Balaban J connectivity index is 2.79. The van der Waals surface area contributed by atoms with Crippen LogP contribution in [0, 0.1) is 0 Å². The summed E-state index contributed by atoms with van der Waals surface area (Å²) in [4.78, 5) is 0. The van der Waals surface area contributed by atoms with Gasteiger partial charge in [-0.05, 0) is 12.8 Å². The van der Waals surface area contributed by atoms with Crippen molar-refractivity contribution in [1.82, 2.24) is 0 Å². The van der Waals surface area contributed by atoms with E-state index in [1.165, 1.54) is 38.5 Å². The van der Waals surface area contributed by atoms with E-state index in [1.54, 1.807) is 6.21 Å². The first kappa shape index (κ1) is 10.5.